The molecule has 2 N–H and O–H groups in total. The number of aryl methyl sites for hydroxylation is 1. The summed E-state index contributed by atoms with van der Waals surface area (Å²) in [6.45, 7) is 3.51. The molecule has 0 atom stereocenters. The number of anilines is 1. The summed E-state index contributed by atoms with van der Waals surface area (Å²) >= 11 is 0. The van der Waals surface area contributed by atoms with Crippen molar-refractivity contribution in [1.29, 1.82) is 0 Å². The van der Waals surface area contributed by atoms with Gasteiger partial charge < -0.3 is 15.0 Å². The first-order valence-electron chi connectivity index (χ1n) is 7.71. The lowest BCUT2D eigenvalue weighted by Crippen LogP contribution is -2.11. The van der Waals surface area contributed by atoms with Crippen molar-refractivity contribution in [2.24, 2.45) is 0 Å². The van der Waals surface area contributed by atoms with Gasteiger partial charge in [0, 0.05) is 6.42 Å². The van der Waals surface area contributed by atoms with Crippen molar-refractivity contribution in [1.82, 2.24) is 9.55 Å². The van der Waals surface area contributed by atoms with Crippen molar-refractivity contribution < 1.29 is 4.74 Å². The van der Waals surface area contributed by atoms with Crippen molar-refractivity contribution >= 4 is 16.7 Å². The molecule has 22 heavy (non-hydrogen) atoms. The van der Waals surface area contributed by atoms with E-state index in [1.54, 1.807) is 0 Å². The average molecular weight is 295 g/mol. The molecule has 0 saturated carbocycles. The third-order valence-corrected chi connectivity index (χ3v) is 3.70. The molecule has 0 saturated heterocycles. The number of benzene rings is 2. The molecule has 0 aliphatic heterocycles. The lowest BCUT2D eigenvalue weighted by molar-refractivity contribution is 0.299. The molecule has 0 aliphatic carbocycles. The van der Waals surface area contributed by atoms with Gasteiger partial charge in [-0.3, -0.25) is 0 Å². The fraction of sp³-hybridized carbons (Fsp3) is 0.278. The van der Waals surface area contributed by atoms with E-state index in [9.17, 15) is 0 Å². The van der Waals surface area contributed by atoms with Crippen LogP contribution >= 0.6 is 0 Å². The van der Waals surface area contributed by atoms with Gasteiger partial charge in [0.1, 0.15) is 18.2 Å². The second-order valence-corrected chi connectivity index (χ2v) is 5.30. The minimum Gasteiger partial charge on any atom is -0.490 e. The Labute approximate surface area is 130 Å². The van der Waals surface area contributed by atoms with Crippen LogP contribution in [0.4, 0.5) is 5.69 Å². The lowest BCUT2D eigenvalue weighted by Gasteiger charge is -2.11. The zero-order valence-corrected chi connectivity index (χ0v) is 12.8. The minimum absolute atomic E-state index is 0.575. The zero-order valence-electron chi connectivity index (χ0n) is 12.8. The standard InChI is InChI=1S/C18H21N3O/c1-2-7-18-20-15-9-4-5-10-16(15)21(18)12-13-22-17-11-6-3-8-14(17)19/h3-6,8-11H,2,7,12-13,19H2,1H3. The maximum Gasteiger partial charge on any atom is 0.142 e. The third-order valence-electron chi connectivity index (χ3n) is 3.70. The number of ether oxygens (including phenoxy) is 1. The predicted octanol–water partition coefficient (Wildman–Crippen LogP) is 3.65. The highest BCUT2D eigenvalue weighted by Crippen LogP contribution is 2.21. The quantitative estimate of drug-likeness (QED) is 0.706. The Bertz CT molecular complexity index is 764. The number of nitrogens with zero attached hydrogens (tertiary/aromatic N) is 2. The van der Waals surface area contributed by atoms with Crippen molar-refractivity contribution in [3.8, 4) is 5.75 Å². The highest BCUT2D eigenvalue weighted by Gasteiger charge is 2.09. The summed E-state index contributed by atoms with van der Waals surface area (Å²) < 4.78 is 8.07. The Hall–Kier alpha value is -2.49. The minimum atomic E-state index is 0.575. The van der Waals surface area contributed by atoms with Crippen LogP contribution in [0.25, 0.3) is 11.0 Å². The summed E-state index contributed by atoms with van der Waals surface area (Å²) in [5.41, 5.74) is 8.79. The molecule has 0 amide bonds. The summed E-state index contributed by atoms with van der Waals surface area (Å²) in [6.07, 6.45) is 2.05. The molecule has 2 aromatic carbocycles. The van der Waals surface area contributed by atoms with Crippen LogP contribution in [-0.4, -0.2) is 16.2 Å². The van der Waals surface area contributed by atoms with Gasteiger partial charge in [0.25, 0.3) is 0 Å². The van der Waals surface area contributed by atoms with Crippen molar-refractivity contribution in [3.05, 3.63) is 54.4 Å². The topological polar surface area (TPSA) is 53.1 Å². The number of hydrogen-bond acceptors (Lipinski definition) is 3. The van der Waals surface area contributed by atoms with Crippen molar-refractivity contribution in [2.45, 2.75) is 26.3 Å². The van der Waals surface area contributed by atoms with E-state index in [1.807, 2.05) is 36.4 Å². The maximum atomic E-state index is 5.90. The van der Waals surface area contributed by atoms with Crippen LogP contribution in [0.3, 0.4) is 0 Å². The summed E-state index contributed by atoms with van der Waals surface area (Å²) in [6, 6.07) is 15.8. The normalized spacial score (nSPS) is 11.0. The number of nitrogen functional groups attached to an aromatic ring is 1. The van der Waals surface area contributed by atoms with Gasteiger partial charge in [-0.1, -0.05) is 31.2 Å². The monoisotopic (exact) mass is 295 g/mol. The Kier molecular flexibility index (Phi) is 4.28. The van der Waals surface area contributed by atoms with Gasteiger partial charge in [0.05, 0.1) is 23.3 Å². The zero-order chi connectivity index (χ0) is 15.4. The summed E-state index contributed by atoms with van der Waals surface area (Å²) in [4.78, 5) is 4.73. The van der Waals surface area contributed by atoms with Crippen LogP contribution in [0.15, 0.2) is 48.5 Å². The first-order chi connectivity index (χ1) is 10.8. The Morgan fingerprint density at radius 2 is 1.86 bits per heavy atom. The van der Waals surface area contributed by atoms with Gasteiger partial charge in [0.15, 0.2) is 0 Å². The fourth-order valence-electron chi connectivity index (χ4n) is 2.65. The highest BCUT2D eigenvalue weighted by molar-refractivity contribution is 5.75. The van der Waals surface area contributed by atoms with Crippen LogP contribution < -0.4 is 10.5 Å². The molecule has 0 radical (unpaired) electrons. The summed E-state index contributed by atoms with van der Waals surface area (Å²) in [5.74, 6) is 1.86. The molecule has 4 nitrogen and oxygen atoms in total. The number of aromatic nitrogens is 2. The van der Waals surface area contributed by atoms with Gasteiger partial charge in [0.2, 0.25) is 0 Å². The van der Waals surface area contributed by atoms with E-state index < -0.39 is 0 Å². The number of hydrogen-bond donors (Lipinski definition) is 1. The van der Waals surface area contributed by atoms with Crippen LogP contribution in [0.1, 0.15) is 19.2 Å². The lowest BCUT2D eigenvalue weighted by atomic mass is 10.3. The Balaban J connectivity index is 1.78. The molecular weight excluding hydrogens is 274 g/mol. The molecule has 4 heteroatoms. The van der Waals surface area contributed by atoms with E-state index in [-0.39, 0.29) is 0 Å². The van der Waals surface area contributed by atoms with Gasteiger partial charge in [-0.15, -0.1) is 0 Å². The predicted molar refractivity (Wildman–Crippen MR) is 90.1 cm³/mol. The maximum absolute atomic E-state index is 5.90. The summed E-state index contributed by atoms with van der Waals surface area (Å²) in [5, 5.41) is 0. The van der Waals surface area contributed by atoms with Crippen molar-refractivity contribution in [3.63, 3.8) is 0 Å². The van der Waals surface area contributed by atoms with E-state index in [2.05, 4.69) is 23.6 Å². The Morgan fingerprint density at radius 1 is 1.09 bits per heavy atom. The van der Waals surface area contributed by atoms with E-state index in [0.29, 0.717) is 12.3 Å². The molecular formula is C18H21N3O. The van der Waals surface area contributed by atoms with Crippen LogP contribution in [-0.2, 0) is 13.0 Å². The molecule has 1 aromatic heterocycles. The van der Waals surface area contributed by atoms with Crippen molar-refractivity contribution in [2.75, 3.05) is 12.3 Å². The molecule has 114 valence electrons. The molecule has 0 aliphatic rings. The number of fused-ring (bicyclic) bond motifs is 1. The molecule has 3 aromatic rings. The van der Waals surface area contributed by atoms with Gasteiger partial charge in [-0.25, -0.2) is 4.98 Å². The smallest absolute Gasteiger partial charge is 0.142 e. The third kappa shape index (κ3) is 2.91. The molecule has 0 bridgehead atoms. The average Bonchev–Trinajstić information content (AvgIpc) is 2.87. The number of para-hydroxylation sites is 4. The van der Waals surface area contributed by atoms with E-state index in [1.165, 1.54) is 0 Å². The second kappa shape index (κ2) is 6.52. The molecule has 0 fully saturated rings. The molecule has 0 spiro atoms. The molecule has 0 unspecified atom stereocenters. The van der Waals surface area contributed by atoms with E-state index in [4.69, 9.17) is 15.5 Å². The largest absolute Gasteiger partial charge is 0.490 e. The fourth-order valence-corrected chi connectivity index (χ4v) is 2.65. The number of rotatable bonds is 6. The van der Waals surface area contributed by atoms with E-state index in [0.717, 1.165) is 42.0 Å². The molecule has 3 rings (SSSR count). The highest BCUT2D eigenvalue weighted by atomic mass is 16.5. The number of nitrogens with two attached hydrogens (primary N) is 1. The summed E-state index contributed by atoms with van der Waals surface area (Å²) in [7, 11) is 0. The van der Waals surface area contributed by atoms with Gasteiger partial charge in [-0.2, -0.15) is 0 Å². The van der Waals surface area contributed by atoms with E-state index >= 15 is 0 Å². The van der Waals surface area contributed by atoms with Crippen LogP contribution in [0.5, 0.6) is 5.75 Å². The first kappa shape index (κ1) is 14.4. The van der Waals surface area contributed by atoms with Crippen LogP contribution in [0, 0.1) is 0 Å². The molecule has 1 heterocycles. The Morgan fingerprint density at radius 3 is 2.68 bits per heavy atom. The number of imidazole rings is 1. The SMILES string of the molecule is CCCc1nc2ccccc2n1CCOc1ccccc1N. The first-order valence-corrected chi connectivity index (χ1v) is 7.71. The van der Waals surface area contributed by atoms with Gasteiger partial charge in [-0.05, 0) is 30.7 Å². The van der Waals surface area contributed by atoms with Gasteiger partial charge >= 0.3 is 0 Å². The van der Waals surface area contributed by atoms with Crippen LogP contribution in [0.2, 0.25) is 0 Å². The second-order valence-electron chi connectivity index (χ2n) is 5.30.